The van der Waals surface area contributed by atoms with Crippen molar-refractivity contribution < 1.29 is 9.59 Å². The Balaban J connectivity index is 3.03. The number of nitrogens with one attached hydrogen (secondary N) is 1. The van der Waals surface area contributed by atoms with Crippen LogP contribution in [0.15, 0.2) is 24.3 Å². The minimum atomic E-state index is -0.469. The van der Waals surface area contributed by atoms with Crippen LogP contribution in [0.4, 0.5) is 0 Å². The Labute approximate surface area is 125 Å². The highest BCUT2D eigenvalue weighted by Crippen LogP contribution is 2.20. The molecule has 0 spiro atoms. The van der Waals surface area contributed by atoms with Gasteiger partial charge in [0.2, 0.25) is 11.8 Å². The fraction of sp³-hybridized carbons (Fsp3) is 0.467. The topological polar surface area (TPSA) is 49.4 Å². The molecule has 0 saturated carbocycles. The van der Waals surface area contributed by atoms with E-state index in [1.165, 1.54) is 0 Å². The number of carbonyl (C=O) groups is 2. The van der Waals surface area contributed by atoms with E-state index in [2.05, 4.69) is 5.32 Å². The Morgan fingerprint density at radius 1 is 1.30 bits per heavy atom. The van der Waals surface area contributed by atoms with Gasteiger partial charge in [-0.2, -0.15) is 0 Å². The van der Waals surface area contributed by atoms with Crippen LogP contribution in [0.1, 0.15) is 32.3 Å². The maximum Gasteiger partial charge on any atom is 0.242 e. The zero-order valence-corrected chi connectivity index (χ0v) is 12.9. The zero-order valence-electron chi connectivity index (χ0n) is 12.1. The van der Waals surface area contributed by atoms with Crippen LogP contribution < -0.4 is 5.32 Å². The van der Waals surface area contributed by atoms with Crippen molar-refractivity contribution in [1.29, 1.82) is 0 Å². The van der Waals surface area contributed by atoms with Gasteiger partial charge >= 0.3 is 0 Å². The van der Waals surface area contributed by atoms with Gasteiger partial charge in [0.15, 0.2) is 0 Å². The average Bonchev–Trinajstić information content (AvgIpc) is 2.47. The Morgan fingerprint density at radius 3 is 2.45 bits per heavy atom. The molecule has 4 nitrogen and oxygen atoms in total. The summed E-state index contributed by atoms with van der Waals surface area (Å²) in [5, 5.41) is 3.21. The predicted octanol–water partition coefficient (Wildman–Crippen LogP) is 2.60. The number of halogens is 1. The predicted molar refractivity (Wildman–Crippen MR) is 80.4 cm³/mol. The molecule has 0 aliphatic rings. The van der Waals surface area contributed by atoms with Gasteiger partial charge in [-0.05, 0) is 18.1 Å². The van der Waals surface area contributed by atoms with E-state index in [4.69, 9.17) is 11.6 Å². The van der Waals surface area contributed by atoms with Gasteiger partial charge in [-0.25, -0.2) is 0 Å². The van der Waals surface area contributed by atoms with Crippen LogP contribution in [0.5, 0.6) is 0 Å². The normalized spacial score (nSPS) is 11.8. The molecule has 1 atom stereocenters. The van der Waals surface area contributed by atoms with Gasteiger partial charge in [-0.3, -0.25) is 9.59 Å². The fourth-order valence-electron chi connectivity index (χ4n) is 2.10. The lowest BCUT2D eigenvalue weighted by atomic mass is 10.1. The molecule has 0 saturated heterocycles. The number of likely N-dealkylation sites (N-methyl/N-ethyl adjacent to an activating group) is 1. The van der Waals surface area contributed by atoms with Crippen LogP contribution in [0.3, 0.4) is 0 Å². The summed E-state index contributed by atoms with van der Waals surface area (Å²) in [7, 11) is 1.58. The molecule has 1 rings (SSSR count). The van der Waals surface area contributed by atoms with Crippen molar-refractivity contribution >= 4 is 23.4 Å². The Morgan fingerprint density at radius 2 is 1.95 bits per heavy atom. The third kappa shape index (κ3) is 3.97. The molecule has 0 aliphatic carbocycles. The molecule has 0 fully saturated rings. The summed E-state index contributed by atoms with van der Waals surface area (Å²) in [5.41, 5.74) is 0.846. The second kappa shape index (κ2) is 7.90. The molecular formula is C15H21ClN2O2. The lowest BCUT2D eigenvalue weighted by molar-refractivity contribution is -0.141. The number of hydrogen-bond donors (Lipinski definition) is 1. The molecule has 0 bridgehead atoms. The van der Waals surface area contributed by atoms with Crippen LogP contribution in [0, 0.1) is 0 Å². The Hall–Kier alpha value is -1.55. The monoisotopic (exact) mass is 296 g/mol. The van der Waals surface area contributed by atoms with E-state index in [1.807, 2.05) is 25.1 Å². The number of carbonyl (C=O) groups excluding carboxylic acids is 2. The van der Waals surface area contributed by atoms with Crippen LogP contribution in [0.25, 0.3) is 0 Å². The van der Waals surface area contributed by atoms with Crippen molar-refractivity contribution in [3.05, 3.63) is 34.9 Å². The van der Waals surface area contributed by atoms with E-state index in [1.54, 1.807) is 24.9 Å². The maximum absolute atomic E-state index is 12.2. The van der Waals surface area contributed by atoms with Crippen molar-refractivity contribution in [3.8, 4) is 0 Å². The summed E-state index contributed by atoms with van der Waals surface area (Å²) in [4.78, 5) is 25.7. The second-order valence-corrected chi connectivity index (χ2v) is 4.91. The molecule has 0 aromatic heterocycles. The maximum atomic E-state index is 12.2. The Kier molecular flexibility index (Phi) is 6.52. The average molecular weight is 297 g/mol. The van der Waals surface area contributed by atoms with Gasteiger partial charge in [-0.1, -0.05) is 43.6 Å². The number of benzene rings is 1. The molecule has 0 aliphatic heterocycles. The summed E-state index contributed by atoms with van der Waals surface area (Å²) in [6.07, 6.45) is 0.924. The van der Waals surface area contributed by atoms with E-state index >= 15 is 0 Å². The number of rotatable bonds is 6. The highest BCUT2D eigenvalue weighted by atomic mass is 35.5. The van der Waals surface area contributed by atoms with Gasteiger partial charge in [0, 0.05) is 25.0 Å². The third-order valence-corrected chi connectivity index (χ3v) is 3.60. The highest BCUT2D eigenvalue weighted by molar-refractivity contribution is 6.31. The summed E-state index contributed by atoms with van der Waals surface area (Å²) in [6.45, 7) is 4.03. The van der Waals surface area contributed by atoms with Crippen LogP contribution in [-0.4, -0.2) is 29.8 Å². The molecule has 1 unspecified atom stereocenters. The number of nitrogens with zero attached hydrogens (tertiary/aromatic N) is 1. The first-order chi connectivity index (χ1) is 9.54. The lowest BCUT2D eigenvalue weighted by Gasteiger charge is -2.30. The van der Waals surface area contributed by atoms with Crippen molar-refractivity contribution in [3.63, 3.8) is 0 Å². The number of hydrogen-bond acceptors (Lipinski definition) is 2. The van der Waals surface area contributed by atoms with Gasteiger partial charge in [0.25, 0.3) is 0 Å². The van der Waals surface area contributed by atoms with Crippen LogP contribution in [0.2, 0.25) is 5.02 Å². The quantitative estimate of drug-likeness (QED) is 0.877. The summed E-state index contributed by atoms with van der Waals surface area (Å²) in [6, 6.07) is 6.90. The van der Waals surface area contributed by atoms with E-state index in [9.17, 15) is 9.59 Å². The minimum Gasteiger partial charge on any atom is -0.357 e. The largest absolute Gasteiger partial charge is 0.357 e. The van der Waals surface area contributed by atoms with E-state index in [0.29, 0.717) is 24.4 Å². The van der Waals surface area contributed by atoms with E-state index in [0.717, 1.165) is 5.56 Å². The third-order valence-electron chi connectivity index (χ3n) is 3.23. The van der Waals surface area contributed by atoms with Crippen molar-refractivity contribution in [2.75, 3.05) is 7.05 Å². The zero-order chi connectivity index (χ0) is 15.1. The first-order valence-electron chi connectivity index (χ1n) is 6.79. The Bertz CT molecular complexity index is 477. The van der Waals surface area contributed by atoms with Crippen molar-refractivity contribution in [2.45, 2.75) is 39.3 Å². The highest BCUT2D eigenvalue weighted by Gasteiger charge is 2.27. The summed E-state index contributed by atoms with van der Waals surface area (Å²) < 4.78 is 0. The molecule has 2 amide bonds. The summed E-state index contributed by atoms with van der Waals surface area (Å²) >= 11 is 6.14. The fourth-order valence-corrected chi connectivity index (χ4v) is 2.29. The molecule has 1 aromatic carbocycles. The van der Waals surface area contributed by atoms with E-state index in [-0.39, 0.29) is 11.8 Å². The van der Waals surface area contributed by atoms with Crippen molar-refractivity contribution in [2.24, 2.45) is 0 Å². The smallest absolute Gasteiger partial charge is 0.242 e. The standard InChI is InChI=1S/C15H21ClN2O2/c1-4-13(15(20)17-3)18(14(19)5-2)10-11-8-6-7-9-12(11)16/h6-9,13H,4-5,10H2,1-3H3,(H,17,20). The minimum absolute atomic E-state index is 0.0552. The number of amides is 2. The molecule has 0 radical (unpaired) electrons. The molecular weight excluding hydrogens is 276 g/mol. The van der Waals surface area contributed by atoms with Crippen LogP contribution >= 0.6 is 11.6 Å². The first-order valence-corrected chi connectivity index (χ1v) is 7.17. The van der Waals surface area contributed by atoms with Gasteiger partial charge in [-0.15, -0.1) is 0 Å². The molecule has 1 aromatic rings. The van der Waals surface area contributed by atoms with E-state index < -0.39 is 6.04 Å². The molecule has 1 N–H and O–H groups in total. The first kappa shape index (κ1) is 16.5. The second-order valence-electron chi connectivity index (χ2n) is 4.50. The SMILES string of the molecule is CCC(=O)N(Cc1ccccc1Cl)C(CC)C(=O)NC. The van der Waals surface area contributed by atoms with Crippen molar-refractivity contribution in [1.82, 2.24) is 10.2 Å². The molecule has 0 heterocycles. The molecule has 20 heavy (non-hydrogen) atoms. The lowest BCUT2D eigenvalue weighted by Crippen LogP contribution is -2.48. The van der Waals surface area contributed by atoms with Gasteiger partial charge < -0.3 is 10.2 Å². The molecule has 110 valence electrons. The summed E-state index contributed by atoms with van der Waals surface area (Å²) in [5.74, 6) is -0.207. The van der Waals surface area contributed by atoms with Gasteiger partial charge in [0.05, 0.1) is 0 Å². The molecule has 5 heteroatoms. The van der Waals surface area contributed by atoms with Gasteiger partial charge in [0.1, 0.15) is 6.04 Å². The van der Waals surface area contributed by atoms with Crippen LogP contribution in [-0.2, 0) is 16.1 Å².